The van der Waals surface area contributed by atoms with Crippen LogP contribution >= 0.6 is 31.9 Å². The first kappa shape index (κ1) is 8.55. The molecule has 2 aliphatic rings. The van der Waals surface area contributed by atoms with E-state index in [2.05, 4.69) is 31.9 Å². The summed E-state index contributed by atoms with van der Waals surface area (Å²) < 4.78 is 0.352. The molecule has 0 aromatic carbocycles. The first-order valence-electron chi connectivity index (χ1n) is 4.61. The number of rotatable bonds is 0. The third kappa shape index (κ3) is 1.53. The van der Waals surface area contributed by atoms with E-state index >= 15 is 0 Å². The largest absolute Gasteiger partial charge is 0.0868 e. The van der Waals surface area contributed by atoms with Gasteiger partial charge in [0.15, 0.2) is 0 Å². The Balaban J connectivity index is 1.95. The van der Waals surface area contributed by atoms with Gasteiger partial charge < -0.3 is 0 Å². The van der Waals surface area contributed by atoms with Crippen LogP contribution in [0.2, 0.25) is 0 Å². The van der Waals surface area contributed by atoms with Gasteiger partial charge in [-0.15, -0.1) is 0 Å². The fourth-order valence-corrected chi connectivity index (χ4v) is 4.26. The van der Waals surface area contributed by atoms with Gasteiger partial charge in [0.2, 0.25) is 0 Å². The Morgan fingerprint density at radius 1 is 0.818 bits per heavy atom. The lowest BCUT2D eigenvalue weighted by Gasteiger charge is -2.04. The molecule has 2 unspecified atom stereocenters. The van der Waals surface area contributed by atoms with Crippen LogP contribution in [0.5, 0.6) is 0 Å². The predicted octanol–water partition coefficient (Wildman–Crippen LogP) is 4.07. The second-order valence-corrected chi connectivity index (χ2v) is 7.57. The molecular formula is C9H14Br2. The minimum atomic E-state index is 0.352. The Labute approximate surface area is 85.4 Å². The molecule has 0 spiro atoms. The first-order valence-corrected chi connectivity index (χ1v) is 6.19. The maximum absolute atomic E-state index is 3.77. The van der Waals surface area contributed by atoms with Crippen LogP contribution in [0, 0.1) is 11.8 Å². The van der Waals surface area contributed by atoms with E-state index in [-0.39, 0.29) is 0 Å². The second-order valence-electron chi connectivity index (χ2n) is 3.88. The molecule has 2 saturated carbocycles. The molecule has 0 aliphatic heterocycles. The van der Waals surface area contributed by atoms with E-state index in [1.807, 2.05) is 0 Å². The summed E-state index contributed by atoms with van der Waals surface area (Å²) in [6.07, 6.45) is 8.67. The summed E-state index contributed by atoms with van der Waals surface area (Å²) in [5.74, 6) is 1.87. The summed E-state index contributed by atoms with van der Waals surface area (Å²) >= 11 is 7.53. The summed E-state index contributed by atoms with van der Waals surface area (Å²) in [5, 5.41) is 0. The monoisotopic (exact) mass is 280 g/mol. The molecule has 2 heteroatoms. The van der Waals surface area contributed by atoms with Gasteiger partial charge >= 0.3 is 0 Å². The Morgan fingerprint density at radius 2 is 1.27 bits per heavy atom. The van der Waals surface area contributed by atoms with Crippen molar-refractivity contribution in [2.75, 3.05) is 0 Å². The van der Waals surface area contributed by atoms with Gasteiger partial charge in [0.25, 0.3) is 0 Å². The molecule has 64 valence electrons. The van der Waals surface area contributed by atoms with Gasteiger partial charge in [-0.3, -0.25) is 0 Å². The number of fused-ring (bicyclic) bond motifs is 1. The normalized spacial score (nSPS) is 42.0. The van der Waals surface area contributed by atoms with Gasteiger partial charge in [-0.2, -0.15) is 0 Å². The van der Waals surface area contributed by atoms with Gasteiger partial charge in [-0.05, 0) is 24.7 Å². The van der Waals surface area contributed by atoms with Crippen LogP contribution in [0.25, 0.3) is 0 Å². The molecule has 0 nitrogen and oxygen atoms in total. The van der Waals surface area contributed by atoms with Crippen molar-refractivity contribution in [1.29, 1.82) is 0 Å². The molecule has 2 fully saturated rings. The SMILES string of the molecule is BrC1(Br)C2CCCCCCC21. The van der Waals surface area contributed by atoms with E-state index in [0.29, 0.717) is 3.23 Å². The highest BCUT2D eigenvalue weighted by Crippen LogP contribution is 2.66. The van der Waals surface area contributed by atoms with Crippen molar-refractivity contribution in [3.63, 3.8) is 0 Å². The highest BCUT2D eigenvalue weighted by Gasteiger charge is 2.60. The zero-order chi connectivity index (χ0) is 7.90. The molecule has 2 aliphatic carbocycles. The Bertz CT molecular complexity index is 138. The van der Waals surface area contributed by atoms with Gasteiger partial charge in [0, 0.05) is 0 Å². The van der Waals surface area contributed by atoms with Gasteiger partial charge in [0.1, 0.15) is 0 Å². The summed E-state index contributed by atoms with van der Waals surface area (Å²) in [7, 11) is 0. The van der Waals surface area contributed by atoms with E-state index in [1.165, 1.54) is 38.5 Å². The maximum atomic E-state index is 3.77. The predicted molar refractivity (Wildman–Crippen MR) is 55.3 cm³/mol. The Hall–Kier alpha value is 0.960. The molecule has 0 aromatic rings. The van der Waals surface area contributed by atoms with Crippen molar-refractivity contribution < 1.29 is 0 Å². The summed E-state index contributed by atoms with van der Waals surface area (Å²) in [6.45, 7) is 0. The van der Waals surface area contributed by atoms with Crippen LogP contribution in [0.4, 0.5) is 0 Å². The fourth-order valence-electron chi connectivity index (χ4n) is 2.33. The summed E-state index contributed by atoms with van der Waals surface area (Å²) in [5.41, 5.74) is 0. The summed E-state index contributed by atoms with van der Waals surface area (Å²) in [6, 6.07) is 0. The molecule has 0 aromatic heterocycles. The van der Waals surface area contributed by atoms with E-state index in [0.717, 1.165) is 11.8 Å². The zero-order valence-corrected chi connectivity index (χ0v) is 9.83. The van der Waals surface area contributed by atoms with Gasteiger partial charge in [0.05, 0.1) is 3.23 Å². The lowest BCUT2D eigenvalue weighted by Crippen LogP contribution is -1.90. The zero-order valence-electron chi connectivity index (χ0n) is 6.65. The van der Waals surface area contributed by atoms with Crippen molar-refractivity contribution in [2.45, 2.75) is 41.8 Å². The molecule has 0 radical (unpaired) electrons. The molecule has 2 rings (SSSR count). The minimum absolute atomic E-state index is 0.352. The van der Waals surface area contributed by atoms with Crippen molar-refractivity contribution in [2.24, 2.45) is 11.8 Å². The van der Waals surface area contributed by atoms with Crippen LogP contribution in [0.15, 0.2) is 0 Å². The molecule has 2 atom stereocenters. The smallest absolute Gasteiger partial charge is 0.0721 e. The molecule has 11 heavy (non-hydrogen) atoms. The van der Waals surface area contributed by atoms with Crippen molar-refractivity contribution in [3.8, 4) is 0 Å². The Morgan fingerprint density at radius 3 is 1.73 bits per heavy atom. The number of alkyl halides is 2. The molecule has 0 bridgehead atoms. The van der Waals surface area contributed by atoms with Crippen molar-refractivity contribution >= 4 is 31.9 Å². The first-order chi connectivity index (χ1) is 5.23. The lowest BCUT2D eigenvalue weighted by atomic mass is 10.0. The third-order valence-corrected chi connectivity index (χ3v) is 5.50. The lowest BCUT2D eigenvalue weighted by molar-refractivity contribution is 0.485. The van der Waals surface area contributed by atoms with E-state index < -0.39 is 0 Å². The van der Waals surface area contributed by atoms with E-state index in [4.69, 9.17) is 0 Å². The standard InChI is InChI=1S/C9H14Br2/c10-9(11)7-5-3-1-2-4-6-8(7)9/h7-8H,1-6H2. The number of halogens is 2. The van der Waals surface area contributed by atoms with Crippen molar-refractivity contribution in [1.82, 2.24) is 0 Å². The molecule has 0 amide bonds. The average molecular weight is 282 g/mol. The highest BCUT2D eigenvalue weighted by molar-refractivity contribution is 9.25. The van der Waals surface area contributed by atoms with E-state index in [1.54, 1.807) is 0 Å². The quantitative estimate of drug-likeness (QED) is 0.587. The second kappa shape index (κ2) is 3.02. The Kier molecular flexibility index (Phi) is 2.35. The average Bonchev–Trinajstić information content (AvgIpc) is 2.29. The molecular weight excluding hydrogens is 268 g/mol. The minimum Gasteiger partial charge on any atom is -0.0721 e. The van der Waals surface area contributed by atoms with Crippen LogP contribution < -0.4 is 0 Å². The molecule has 0 N–H and O–H groups in total. The fraction of sp³-hybridized carbons (Fsp3) is 1.00. The maximum Gasteiger partial charge on any atom is 0.0868 e. The van der Waals surface area contributed by atoms with Gasteiger partial charge in [-0.25, -0.2) is 0 Å². The van der Waals surface area contributed by atoms with Crippen LogP contribution in [-0.2, 0) is 0 Å². The third-order valence-electron chi connectivity index (χ3n) is 3.15. The number of hydrogen-bond donors (Lipinski definition) is 0. The topological polar surface area (TPSA) is 0 Å². The van der Waals surface area contributed by atoms with Crippen molar-refractivity contribution in [3.05, 3.63) is 0 Å². The van der Waals surface area contributed by atoms with Crippen LogP contribution in [0.1, 0.15) is 38.5 Å². The molecule has 0 heterocycles. The van der Waals surface area contributed by atoms with Crippen LogP contribution in [0.3, 0.4) is 0 Å². The molecule has 0 saturated heterocycles. The number of hydrogen-bond acceptors (Lipinski definition) is 0. The van der Waals surface area contributed by atoms with E-state index in [9.17, 15) is 0 Å². The van der Waals surface area contributed by atoms with Gasteiger partial charge in [-0.1, -0.05) is 57.5 Å². The highest BCUT2D eigenvalue weighted by atomic mass is 79.9. The van der Waals surface area contributed by atoms with Crippen LogP contribution in [-0.4, -0.2) is 3.23 Å². The summed E-state index contributed by atoms with van der Waals surface area (Å²) in [4.78, 5) is 0.